The third-order valence-electron chi connectivity index (χ3n) is 2.99. The first-order valence-electron chi connectivity index (χ1n) is 5.74. The summed E-state index contributed by atoms with van der Waals surface area (Å²) in [6.07, 6.45) is 2.37. The lowest BCUT2D eigenvalue weighted by atomic mass is 10.0. The van der Waals surface area contributed by atoms with Crippen LogP contribution in [0, 0.1) is 0 Å². The zero-order chi connectivity index (χ0) is 11.5. The van der Waals surface area contributed by atoms with Crippen LogP contribution in [0.2, 0.25) is 0 Å². The third kappa shape index (κ3) is 2.74. The van der Waals surface area contributed by atoms with Gasteiger partial charge in [0.1, 0.15) is 0 Å². The van der Waals surface area contributed by atoms with Crippen LogP contribution in [0.15, 0.2) is 0 Å². The smallest absolute Gasteiger partial charge is 0.204 e. The summed E-state index contributed by atoms with van der Waals surface area (Å²) in [4.78, 5) is 16.0. The summed E-state index contributed by atoms with van der Waals surface area (Å²) in [5, 5.41) is 0.331. The van der Waals surface area contributed by atoms with Gasteiger partial charge in [-0.3, -0.25) is 9.69 Å². The molecule has 1 unspecified atom stereocenters. The predicted molar refractivity (Wildman–Crippen MR) is 66.0 cm³/mol. The van der Waals surface area contributed by atoms with Crippen LogP contribution in [0.3, 0.4) is 0 Å². The van der Waals surface area contributed by atoms with Crippen molar-refractivity contribution < 1.29 is 4.79 Å². The number of carbonyl (C=O) groups excluding carboxylic acids is 1. The van der Waals surface area contributed by atoms with Crippen molar-refractivity contribution in [2.75, 3.05) is 33.7 Å². The van der Waals surface area contributed by atoms with Gasteiger partial charge in [-0.15, -0.1) is 0 Å². The molecule has 0 bridgehead atoms. The molecule has 0 aromatic heterocycles. The highest BCUT2D eigenvalue weighted by Crippen LogP contribution is 2.41. The van der Waals surface area contributed by atoms with E-state index in [0.717, 1.165) is 13.0 Å². The van der Waals surface area contributed by atoms with Crippen molar-refractivity contribution in [1.82, 2.24) is 9.80 Å². The van der Waals surface area contributed by atoms with Crippen molar-refractivity contribution >= 4 is 16.9 Å². The zero-order valence-corrected chi connectivity index (χ0v) is 11.1. The van der Waals surface area contributed by atoms with E-state index in [2.05, 4.69) is 23.9 Å². The average Bonchev–Trinajstić information content (AvgIpc) is 2.44. The molecule has 15 heavy (non-hydrogen) atoms. The summed E-state index contributed by atoms with van der Waals surface area (Å²) >= 11 is 1.55. The van der Waals surface area contributed by atoms with Crippen molar-refractivity contribution in [1.29, 1.82) is 0 Å². The Morgan fingerprint density at radius 1 is 1.33 bits per heavy atom. The topological polar surface area (TPSA) is 23.6 Å². The Morgan fingerprint density at radius 2 is 2.00 bits per heavy atom. The Hall–Kier alpha value is -0.0600. The molecule has 0 aromatic carbocycles. The Kier molecular flexibility index (Phi) is 4.62. The van der Waals surface area contributed by atoms with Gasteiger partial charge in [0, 0.05) is 6.54 Å². The number of piperidine rings is 1. The van der Waals surface area contributed by atoms with E-state index >= 15 is 0 Å². The molecular formula is C11H22N2OS. The van der Waals surface area contributed by atoms with E-state index in [9.17, 15) is 4.79 Å². The number of hydrogen-bond acceptors (Lipinski definition) is 4. The first-order chi connectivity index (χ1) is 7.12. The predicted octanol–water partition coefficient (Wildman–Crippen LogP) is 1.64. The van der Waals surface area contributed by atoms with Gasteiger partial charge in [-0.05, 0) is 33.5 Å². The van der Waals surface area contributed by atoms with Crippen LogP contribution >= 0.6 is 11.8 Å². The van der Waals surface area contributed by atoms with E-state index in [1.54, 1.807) is 11.8 Å². The van der Waals surface area contributed by atoms with Crippen LogP contribution in [-0.4, -0.2) is 53.5 Å². The molecule has 0 aromatic rings. The van der Waals surface area contributed by atoms with Gasteiger partial charge >= 0.3 is 0 Å². The highest BCUT2D eigenvalue weighted by molar-refractivity contribution is 8.15. The van der Waals surface area contributed by atoms with E-state index in [4.69, 9.17) is 0 Å². The van der Waals surface area contributed by atoms with Gasteiger partial charge in [-0.25, -0.2) is 0 Å². The number of likely N-dealkylation sites (tertiary alicyclic amines) is 1. The Balaban J connectivity index is 0.000000531. The second kappa shape index (κ2) is 5.32. The van der Waals surface area contributed by atoms with Crippen molar-refractivity contribution in [3.8, 4) is 0 Å². The fourth-order valence-electron chi connectivity index (χ4n) is 2.26. The zero-order valence-electron chi connectivity index (χ0n) is 10.2. The SMILES string of the molecule is CC.CN1CCCC2(C1)SC(=O)CN2C. The lowest BCUT2D eigenvalue weighted by molar-refractivity contribution is -0.111. The van der Waals surface area contributed by atoms with E-state index in [0.29, 0.717) is 11.7 Å². The van der Waals surface area contributed by atoms with Gasteiger partial charge in [0.25, 0.3) is 0 Å². The summed E-state index contributed by atoms with van der Waals surface area (Å²) in [5.41, 5.74) is 0. The number of rotatable bonds is 0. The maximum absolute atomic E-state index is 11.3. The molecule has 2 aliphatic heterocycles. The maximum atomic E-state index is 11.3. The highest BCUT2D eigenvalue weighted by atomic mass is 32.2. The quantitative estimate of drug-likeness (QED) is 0.631. The van der Waals surface area contributed by atoms with Crippen LogP contribution in [0.1, 0.15) is 26.7 Å². The van der Waals surface area contributed by atoms with Gasteiger partial charge < -0.3 is 4.90 Å². The molecule has 0 amide bonds. The second-order valence-corrected chi connectivity index (χ2v) is 5.54. The summed E-state index contributed by atoms with van der Waals surface area (Å²) in [6.45, 7) is 6.82. The molecule has 2 rings (SSSR count). The monoisotopic (exact) mass is 230 g/mol. The van der Waals surface area contributed by atoms with Crippen LogP contribution in [0.5, 0.6) is 0 Å². The molecule has 0 aliphatic carbocycles. The van der Waals surface area contributed by atoms with Crippen molar-refractivity contribution in [2.24, 2.45) is 0 Å². The molecule has 2 fully saturated rings. The van der Waals surface area contributed by atoms with Crippen LogP contribution in [0.25, 0.3) is 0 Å². The molecule has 0 radical (unpaired) electrons. The van der Waals surface area contributed by atoms with E-state index in [1.165, 1.54) is 13.0 Å². The molecule has 1 spiro atoms. The number of hydrogen-bond donors (Lipinski definition) is 0. The third-order valence-corrected chi connectivity index (χ3v) is 4.37. The summed E-state index contributed by atoms with van der Waals surface area (Å²) in [7, 11) is 4.20. The van der Waals surface area contributed by atoms with Gasteiger partial charge in [-0.1, -0.05) is 25.6 Å². The Labute approximate surface area is 97.2 Å². The first-order valence-corrected chi connectivity index (χ1v) is 6.56. The molecule has 3 nitrogen and oxygen atoms in total. The minimum atomic E-state index is 0.101. The molecule has 1 atom stereocenters. The number of thioether (sulfide) groups is 1. The summed E-state index contributed by atoms with van der Waals surface area (Å²) in [5.74, 6) is 0. The Morgan fingerprint density at radius 3 is 2.47 bits per heavy atom. The molecular weight excluding hydrogens is 208 g/mol. The number of carbonyl (C=O) groups is 1. The Bertz CT molecular complexity index is 235. The standard InChI is InChI=1S/C9H16N2OS.C2H6/c1-10-5-3-4-9(7-10)11(2)6-8(12)13-9;1-2/h3-7H2,1-2H3;1-2H3. The van der Waals surface area contributed by atoms with Gasteiger partial charge in [0.15, 0.2) is 0 Å². The average molecular weight is 230 g/mol. The molecule has 2 heterocycles. The number of nitrogens with zero attached hydrogens (tertiary/aromatic N) is 2. The van der Waals surface area contributed by atoms with Crippen molar-refractivity contribution in [3.63, 3.8) is 0 Å². The second-order valence-electron chi connectivity index (χ2n) is 4.12. The fraction of sp³-hybridized carbons (Fsp3) is 0.909. The minimum Gasteiger partial charge on any atom is -0.304 e. The van der Waals surface area contributed by atoms with Gasteiger partial charge in [0.05, 0.1) is 11.4 Å². The van der Waals surface area contributed by atoms with Crippen molar-refractivity contribution in [2.45, 2.75) is 31.6 Å². The van der Waals surface area contributed by atoms with Gasteiger partial charge in [-0.2, -0.15) is 0 Å². The highest BCUT2D eigenvalue weighted by Gasteiger charge is 2.45. The molecule has 2 aliphatic rings. The molecule has 0 N–H and O–H groups in total. The first kappa shape index (κ1) is 13.0. The maximum Gasteiger partial charge on any atom is 0.204 e. The fourth-order valence-corrected chi connectivity index (χ4v) is 3.69. The van der Waals surface area contributed by atoms with Gasteiger partial charge in [0.2, 0.25) is 5.12 Å². The molecule has 2 saturated heterocycles. The molecule has 0 saturated carbocycles. The minimum absolute atomic E-state index is 0.101. The van der Waals surface area contributed by atoms with Crippen LogP contribution in [-0.2, 0) is 4.79 Å². The molecule has 4 heteroatoms. The van der Waals surface area contributed by atoms with E-state index in [-0.39, 0.29) is 4.87 Å². The summed E-state index contributed by atoms with van der Waals surface area (Å²) < 4.78 is 0. The van der Waals surface area contributed by atoms with Crippen molar-refractivity contribution in [3.05, 3.63) is 0 Å². The largest absolute Gasteiger partial charge is 0.304 e. The van der Waals surface area contributed by atoms with Crippen LogP contribution in [0.4, 0.5) is 0 Å². The summed E-state index contributed by atoms with van der Waals surface area (Å²) in [6, 6.07) is 0. The van der Waals surface area contributed by atoms with E-state index in [1.807, 2.05) is 13.8 Å². The van der Waals surface area contributed by atoms with E-state index < -0.39 is 0 Å². The number of likely N-dealkylation sites (N-methyl/N-ethyl adjacent to an activating group) is 2. The lowest BCUT2D eigenvalue weighted by Crippen LogP contribution is -2.51. The molecule has 88 valence electrons. The lowest BCUT2D eigenvalue weighted by Gasteiger charge is -2.41. The van der Waals surface area contributed by atoms with Crippen LogP contribution < -0.4 is 0 Å². The normalized spacial score (nSPS) is 32.9.